The molecule has 5 rings (SSSR count). The monoisotopic (exact) mass is 457 g/mol. The van der Waals surface area contributed by atoms with Crippen LogP contribution in [0.1, 0.15) is 5.56 Å². The van der Waals surface area contributed by atoms with Crippen LogP contribution in [0, 0.1) is 0 Å². The molecule has 0 unspecified atom stereocenters. The maximum Gasteiger partial charge on any atom is 0.196 e. The maximum absolute atomic E-state index is 6.14. The highest BCUT2D eigenvalue weighted by Crippen LogP contribution is 2.32. The second-order valence-corrected chi connectivity index (χ2v) is 8.66. The third-order valence-corrected chi connectivity index (χ3v) is 6.51. The first-order valence-corrected chi connectivity index (χ1v) is 11.5. The zero-order valence-electron chi connectivity index (χ0n) is 17.4. The van der Waals surface area contributed by atoms with Gasteiger partial charge in [0.1, 0.15) is 5.75 Å². The minimum absolute atomic E-state index is 0.690. The first-order valence-electron chi connectivity index (χ1n) is 10.2. The zero-order valence-corrected chi connectivity index (χ0v) is 19.0. The summed E-state index contributed by atoms with van der Waals surface area (Å²) >= 11 is 7.81. The lowest BCUT2D eigenvalue weighted by molar-refractivity contribution is 0.415. The van der Waals surface area contributed by atoms with Gasteiger partial charge in [-0.25, -0.2) is 0 Å². The van der Waals surface area contributed by atoms with Gasteiger partial charge in [-0.15, -0.1) is 10.2 Å². The number of hydrogen-bond donors (Lipinski definition) is 0. The van der Waals surface area contributed by atoms with Gasteiger partial charge >= 0.3 is 0 Å². The van der Waals surface area contributed by atoms with Crippen molar-refractivity contribution in [1.82, 2.24) is 14.8 Å². The molecule has 0 aliphatic rings. The molecule has 0 saturated carbocycles. The maximum atomic E-state index is 6.14. The molecule has 0 N–H and O–H groups in total. The second-order valence-electron chi connectivity index (χ2n) is 7.28. The summed E-state index contributed by atoms with van der Waals surface area (Å²) in [7, 11) is 1.66. The van der Waals surface area contributed by atoms with E-state index < -0.39 is 0 Å². The molecule has 0 amide bonds. The summed E-state index contributed by atoms with van der Waals surface area (Å²) < 4.78 is 7.48. The summed E-state index contributed by atoms with van der Waals surface area (Å²) in [6, 6.07) is 30.4. The van der Waals surface area contributed by atoms with Crippen molar-refractivity contribution < 1.29 is 4.74 Å². The number of nitrogens with zero attached hydrogens (tertiary/aromatic N) is 3. The van der Waals surface area contributed by atoms with Gasteiger partial charge in [0.05, 0.1) is 7.11 Å². The number of halogens is 1. The molecule has 0 radical (unpaired) electrons. The summed E-state index contributed by atoms with van der Waals surface area (Å²) in [6.07, 6.45) is 0. The number of thioether (sulfide) groups is 1. The minimum Gasteiger partial charge on any atom is -0.497 e. The predicted molar refractivity (Wildman–Crippen MR) is 132 cm³/mol. The van der Waals surface area contributed by atoms with Crippen molar-refractivity contribution in [3.05, 3.63) is 102 Å². The van der Waals surface area contributed by atoms with Crippen LogP contribution >= 0.6 is 23.4 Å². The normalized spacial score (nSPS) is 11.1. The molecule has 32 heavy (non-hydrogen) atoms. The Morgan fingerprint density at radius 3 is 2.50 bits per heavy atom. The average Bonchev–Trinajstić information content (AvgIpc) is 3.27. The molecule has 1 heterocycles. The third-order valence-electron chi connectivity index (χ3n) is 5.28. The number of benzene rings is 4. The van der Waals surface area contributed by atoms with E-state index in [1.165, 1.54) is 16.3 Å². The number of methoxy groups -OCH3 is 1. The van der Waals surface area contributed by atoms with Crippen molar-refractivity contribution in [2.75, 3.05) is 7.11 Å². The fraction of sp³-hybridized carbons (Fsp3) is 0.0769. The first-order chi connectivity index (χ1) is 15.7. The Balaban J connectivity index is 1.56. The Kier molecular flexibility index (Phi) is 5.84. The van der Waals surface area contributed by atoms with Crippen LogP contribution in [-0.4, -0.2) is 21.9 Å². The lowest BCUT2D eigenvalue weighted by atomic mass is 10.1. The van der Waals surface area contributed by atoms with Crippen molar-refractivity contribution in [3.8, 4) is 22.8 Å². The van der Waals surface area contributed by atoms with Gasteiger partial charge in [-0.05, 0) is 52.7 Å². The topological polar surface area (TPSA) is 39.9 Å². The van der Waals surface area contributed by atoms with E-state index in [1.54, 1.807) is 18.9 Å². The van der Waals surface area contributed by atoms with Gasteiger partial charge in [0.25, 0.3) is 0 Å². The molecule has 6 heteroatoms. The Labute approximate surface area is 195 Å². The fourth-order valence-corrected chi connectivity index (χ4v) is 4.78. The molecule has 0 saturated heterocycles. The molecule has 4 nitrogen and oxygen atoms in total. The van der Waals surface area contributed by atoms with E-state index in [0.717, 1.165) is 33.7 Å². The highest BCUT2D eigenvalue weighted by atomic mass is 35.5. The van der Waals surface area contributed by atoms with Gasteiger partial charge in [-0.2, -0.15) is 0 Å². The molecular formula is C26H20ClN3OS. The zero-order chi connectivity index (χ0) is 21.9. The van der Waals surface area contributed by atoms with Gasteiger partial charge < -0.3 is 4.74 Å². The molecule has 0 spiro atoms. The van der Waals surface area contributed by atoms with Crippen molar-refractivity contribution in [2.45, 2.75) is 10.9 Å². The average molecular weight is 458 g/mol. The van der Waals surface area contributed by atoms with Crippen LogP contribution < -0.4 is 4.74 Å². The predicted octanol–water partition coefficient (Wildman–Crippen LogP) is 7.04. The molecule has 0 fully saturated rings. The number of rotatable bonds is 6. The van der Waals surface area contributed by atoms with Gasteiger partial charge in [-0.1, -0.05) is 78.0 Å². The molecule has 0 atom stereocenters. The van der Waals surface area contributed by atoms with Crippen LogP contribution in [0.15, 0.2) is 96.2 Å². The van der Waals surface area contributed by atoms with E-state index in [2.05, 4.69) is 57.2 Å². The molecular weight excluding hydrogens is 438 g/mol. The first kappa shape index (κ1) is 20.6. The van der Waals surface area contributed by atoms with Gasteiger partial charge in [-0.3, -0.25) is 4.57 Å². The molecule has 4 aromatic carbocycles. The van der Waals surface area contributed by atoms with Crippen molar-refractivity contribution in [1.29, 1.82) is 0 Å². The molecule has 5 aromatic rings. The largest absolute Gasteiger partial charge is 0.497 e. The summed E-state index contributed by atoms with van der Waals surface area (Å²) in [6.45, 7) is 0. The molecule has 158 valence electrons. The summed E-state index contributed by atoms with van der Waals surface area (Å²) in [5, 5.41) is 13.1. The van der Waals surface area contributed by atoms with Gasteiger partial charge in [0.2, 0.25) is 0 Å². The number of ether oxygens (including phenoxy) is 1. The Hall–Kier alpha value is -3.28. The van der Waals surface area contributed by atoms with Crippen molar-refractivity contribution in [3.63, 3.8) is 0 Å². The standard InChI is InChI=1S/C26H20ClN3OS/c1-31-23-10-5-8-19(16-23)25-28-29-26(30(25)22-14-12-21(27)13-15-22)32-17-20-9-4-7-18-6-2-3-11-24(18)20/h2-16H,17H2,1H3. The van der Waals surface area contributed by atoms with Crippen molar-refractivity contribution >= 4 is 34.1 Å². The Bertz CT molecular complexity index is 1380. The summed E-state index contributed by atoms with van der Waals surface area (Å²) in [5.74, 6) is 2.32. The molecule has 0 aliphatic carbocycles. The number of aromatic nitrogens is 3. The van der Waals surface area contributed by atoms with Crippen LogP contribution in [0.3, 0.4) is 0 Å². The van der Waals surface area contributed by atoms with Gasteiger partial charge in [0, 0.05) is 22.0 Å². The highest BCUT2D eigenvalue weighted by molar-refractivity contribution is 7.98. The Morgan fingerprint density at radius 1 is 0.875 bits per heavy atom. The lowest BCUT2D eigenvalue weighted by Crippen LogP contribution is -2.00. The van der Waals surface area contributed by atoms with Crippen LogP contribution in [0.2, 0.25) is 5.02 Å². The van der Waals surface area contributed by atoms with E-state index in [4.69, 9.17) is 16.3 Å². The van der Waals surface area contributed by atoms with E-state index in [-0.39, 0.29) is 0 Å². The second kappa shape index (κ2) is 9.07. The minimum atomic E-state index is 0.690. The molecule has 0 bridgehead atoms. The van der Waals surface area contributed by atoms with Crippen LogP contribution in [0.25, 0.3) is 27.8 Å². The number of fused-ring (bicyclic) bond motifs is 1. The van der Waals surface area contributed by atoms with Crippen LogP contribution in [0.5, 0.6) is 5.75 Å². The van der Waals surface area contributed by atoms with E-state index in [1.807, 2.05) is 48.5 Å². The summed E-state index contributed by atoms with van der Waals surface area (Å²) in [5.41, 5.74) is 3.16. The van der Waals surface area contributed by atoms with Crippen molar-refractivity contribution in [2.24, 2.45) is 0 Å². The van der Waals surface area contributed by atoms with Gasteiger partial charge in [0.15, 0.2) is 11.0 Å². The fourth-order valence-electron chi connectivity index (χ4n) is 3.70. The quantitative estimate of drug-likeness (QED) is 0.256. The summed E-state index contributed by atoms with van der Waals surface area (Å²) in [4.78, 5) is 0. The number of hydrogen-bond acceptors (Lipinski definition) is 4. The van der Waals surface area contributed by atoms with E-state index in [9.17, 15) is 0 Å². The van der Waals surface area contributed by atoms with E-state index >= 15 is 0 Å². The SMILES string of the molecule is COc1cccc(-c2nnc(SCc3cccc4ccccc34)n2-c2ccc(Cl)cc2)c1. The van der Waals surface area contributed by atoms with Crippen LogP contribution in [-0.2, 0) is 5.75 Å². The van der Waals surface area contributed by atoms with Crippen LogP contribution in [0.4, 0.5) is 0 Å². The third kappa shape index (κ3) is 4.09. The lowest BCUT2D eigenvalue weighted by Gasteiger charge is -2.12. The van der Waals surface area contributed by atoms with E-state index in [0.29, 0.717) is 5.02 Å². The molecule has 0 aliphatic heterocycles. The molecule has 1 aromatic heterocycles. The highest BCUT2D eigenvalue weighted by Gasteiger charge is 2.17. The smallest absolute Gasteiger partial charge is 0.196 e. The Morgan fingerprint density at radius 2 is 1.66 bits per heavy atom.